The van der Waals surface area contributed by atoms with Gasteiger partial charge in [-0.15, -0.1) is 0 Å². The molecule has 1 aliphatic rings. The normalized spacial score (nSPS) is 15.5. The van der Waals surface area contributed by atoms with Crippen LogP contribution < -0.4 is 21.3 Å². The van der Waals surface area contributed by atoms with Gasteiger partial charge in [-0.2, -0.15) is 10.5 Å². The molecule has 0 aliphatic carbocycles. The number of carbonyl (C=O) groups excluding carboxylic acids is 2. The predicted octanol–water partition coefficient (Wildman–Crippen LogP) is 1.86. The molecular formula is C23H23N7O3. The Morgan fingerprint density at radius 3 is 2.06 bits per heavy atom. The molecule has 33 heavy (non-hydrogen) atoms. The number of hydrogen-bond acceptors (Lipinski definition) is 6. The van der Waals surface area contributed by atoms with Gasteiger partial charge in [-0.1, -0.05) is 60.7 Å². The van der Waals surface area contributed by atoms with E-state index in [1.54, 1.807) is 6.07 Å². The van der Waals surface area contributed by atoms with Gasteiger partial charge in [-0.25, -0.2) is 9.59 Å². The summed E-state index contributed by atoms with van der Waals surface area (Å²) in [6.45, 7) is 1.13. The van der Waals surface area contributed by atoms with Crippen molar-refractivity contribution in [3.8, 4) is 12.1 Å². The molecule has 10 heteroatoms. The van der Waals surface area contributed by atoms with Crippen molar-refractivity contribution in [2.75, 3.05) is 13.2 Å². The van der Waals surface area contributed by atoms with Crippen LogP contribution in [0.1, 0.15) is 11.1 Å². The maximum absolute atomic E-state index is 12.6. The van der Waals surface area contributed by atoms with Crippen LogP contribution in [0, 0.1) is 22.7 Å². The summed E-state index contributed by atoms with van der Waals surface area (Å²) < 4.78 is 5.51. The molecule has 1 aliphatic heterocycles. The average molecular weight is 445 g/mol. The van der Waals surface area contributed by atoms with Crippen LogP contribution in [-0.4, -0.2) is 36.5 Å². The third kappa shape index (κ3) is 6.72. The molecular weight excluding hydrogens is 422 g/mol. The lowest BCUT2D eigenvalue weighted by molar-refractivity contribution is 0.0317. The zero-order chi connectivity index (χ0) is 23.5. The number of urea groups is 2. The molecule has 1 saturated heterocycles. The SMILES string of the molecule is N#C/C(NC(=O)NCc1ccccc1)=C(\C#N)NC1OCCN1C(=O)NCc1ccccc1. The highest BCUT2D eigenvalue weighted by Gasteiger charge is 2.31. The van der Waals surface area contributed by atoms with Crippen molar-refractivity contribution in [1.82, 2.24) is 26.2 Å². The summed E-state index contributed by atoms with van der Waals surface area (Å²) in [5.41, 5.74) is 1.30. The standard InChI is InChI=1S/C23H23N7O3/c24-13-19(28-21(31)26-15-17-7-3-1-4-8-17)20(14-25)29-23-30(11-12-33-23)22(32)27-16-18-9-5-2-6-10-18/h1-10,23,29H,11-12,15-16H2,(H,27,32)(H2,26,28,31)/b20-19-. The van der Waals surface area contributed by atoms with Crippen molar-refractivity contribution in [3.05, 3.63) is 83.2 Å². The van der Waals surface area contributed by atoms with E-state index in [9.17, 15) is 20.1 Å². The van der Waals surface area contributed by atoms with Gasteiger partial charge in [-0.3, -0.25) is 10.2 Å². The molecule has 2 aromatic carbocycles. The Morgan fingerprint density at radius 2 is 1.48 bits per heavy atom. The number of allylic oxidation sites excluding steroid dienone is 2. The van der Waals surface area contributed by atoms with E-state index >= 15 is 0 Å². The van der Waals surface area contributed by atoms with Gasteiger partial charge < -0.3 is 20.7 Å². The topological polar surface area (TPSA) is 142 Å². The molecule has 2 aromatic rings. The second kappa shape index (κ2) is 11.7. The molecule has 1 unspecified atom stereocenters. The molecule has 4 amide bonds. The van der Waals surface area contributed by atoms with Crippen LogP contribution >= 0.6 is 0 Å². The van der Waals surface area contributed by atoms with Gasteiger partial charge in [0.2, 0.25) is 6.35 Å². The van der Waals surface area contributed by atoms with E-state index in [-0.39, 0.29) is 24.5 Å². The zero-order valence-corrected chi connectivity index (χ0v) is 17.7. The number of nitriles is 2. The first-order chi connectivity index (χ1) is 16.1. The van der Waals surface area contributed by atoms with Gasteiger partial charge in [-0.05, 0) is 11.1 Å². The van der Waals surface area contributed by atoms with Crippen molar-refractivity contribution < 1.29 is 14.3 Å². The fraction of sp³-hybridized carbons (Fsp3) is 0.217. The Bertz CT molecular complexity index is 1070. The fourth-order valence-electron chi connectivity index (χ4n) is 3.04. The maximum atomic E-state index is 12.6. The minimum Gasteiger partial charge on any atom is -0.338 e. The molecule has 0 bridgehead atoms. The predicted molar refractivity (Wildman–Crippen MR) is 118 cm³/mol. The number of ether oxygens (including phenoxy) is 1. The summed E-state index contributed by atoms with van der Waals surface area (Å²) >= 11 is 0. The van der Waals surface area contributed by atoms with E-state index in [4.69, 9.17) is 4.74 Å². The quantitative estimate of drug-likeness (QED) is 0.479. The van der Waals surface area contributed by atoms with Crippen LogP contribution in [0.2, 0.25) is 0 Å². The third-order valence-corrected chi connectivity index (χ3v) is 4.71. The summed E-state index contributed by atoms with van der Waals surface area (Å²) in [6.07, 6.45) is -0.965. The molecule has 0 aromatic heterocycles. The first-order valence-corrected chi connectivity index (χ1v) is 10.2. The largest absolute Gasteiger partial charge is 0.338 e. The number of hydrogen-bond donors (Lipinski definition) is 4. The van der Waals surface area contributed by atoms with E-state index in [1.807, 2.05) is 66.7 Å². The fourth-order valence-corrected chi connectivity index (χ4v) is 3.04. The summed E-state index contributed by atoms with van der Waals surface area (Å²) in [4.78, 5) is 26.1. The number of benzene rings is 2. The van der Waals surface area contributed by atoms with E-state index in [0.29, 0.717) is 13.1 Å². The molecule has 0 saturated carbocycles. The summed E-state index contributed by atoms with van der Waals surface area (Å²) in [5.74, 6) is 0. The molecule has 0 spiro atoms. The van der Waals surface area contributed by atoms with Gasteiger partial charge in [0, 0.05) is 13.1 Å². The average Bonchev–Trinajstić information content (AvgIpc) is 3.33. The lowest BCUT2D eigenvalue weighted by Gasteiger charge is -2.24. The summed E-state index contributed by atoms with van der Waals surface area (Å²) in [6, 6.07) is 21.3. The number of nitrogens with one attached hydrogen (secondary N) is 4. The number of rotatable bonds is 7. The Labute approximate surface area is 191 Å². The smallest absolute Gasteiger partial charge is 0.321 e. The van der Waals surface area contributed by atoms with Gasteiger partial charge >= 0.3 is 12.1 Å². The van der Waals surface area contributed by atoms with Gasteiger partial charge in [0.25, 0.3) is 0 Å². The van der Waals surface area contributed by atoms with E-state index in [0.717, 1.165) is 11.1 Å². The summed E-state index contributed by atoms with van der Waals surface area (Å²) in [5, 5.41) is 29.5. The number of amides is 4. The first-order valence-electron chi connectivity index (χ1n) is 10.2. The second-order valence-electron chi connectivity index (χ2n) is 6.97. The van der Waals surface area contributed by atoms with Gasteiger partial charge in [0.05, 0.1) is 13.2 Å². The minimum atomic E-state index is -0.965. The Morgan fingerprint density at radius 1 is 0.909 bits per heavy atom. The van der Waals surface area contributed by atoms with Crippen molar-refractivity contribution in [1.29, 1.82) is 10.5 Å². The Balaban J connectivity index is 1.59. The van der Waals surface area contributed by atoms with E-state index < -0.39 is 18.4 Å². The van der Waals surface area contributed by atoms with Crippen molar-refractivity contribution in [2.24, 2.45) is 0 Å². The van der Waals surface area contributed by atoms with Crippen LogP contribution in [0.3, 0.4) is 0 Å². The van der Waals surface area contributed by atoms with Crippen molar-refractivity contribution >= 4 is 12.1 Å². The van der Waals surface area contributed by atoms with Crippen molar-refractivity contribution in [2.45, 2.75) is 19.4 Å². The third-order valence-electron chi connectivity index (χ3n) is 4.71. The van der Waals surface area contributed by atoms with Crippen LogP contribution in [0.15, 0.2) is 72.1 Å². The summed E-state index contributed by atoms with van der Waals surface area (Å²) in [7, 11) is 0. The maximum Gasteiger partial charge on any atom is 0.321 e. The molecule has 0 radical (unpaired) electrons. The molecule has 1 fully saturated rings. The minimum absolute atomic E-state index is 0.222. The van der Waals surface area contributed by atoms with Gasteiger partial charge in [0.1, 0.15) is 12.1 Å². The van der Waals surface area contributed by atoms with Crippen LogP contribution in [0.5, 0.6) is 0 Å². The highest BCUT2D eigenvalue weighted by Crippen LogP contribution is 2.11. The van der Waals surface area contributed by atoms with Crippen molar-refractivity contribution in [3.63, 3.8) is 0 Å². The highest BCUT2D eigenvalue weighted by molar-refractivity contribution is 5.77. The second-order valence-corrected chi connectivity index (χ2v) is 6.97. The lowest BCUT2D eigenvalue weighted by Crippen LogP contribution is -2.49. The van der Waals surface area contributed by atoms with E-state index in [2.05, 4.69) is 21.3 Å². The lowest BCUT2D eigenvalue weighted by atomic mass is 10.2. The molecule has 1 atom stereocenters. The molecule has 168 valence electrons. The van der Waals surface area contributed by atoms with Crippen LogP contribution in [0.25, 0.3) is 0 Å². The Kier molecular flexibility index (Phi) is 8.23. The molecule has 3 rings (SSSR count). The first kappa shape index (κ1) is 23.1. The van der Waals surface area contributed by atoms with Crippen LogP contribution in [0.4, 0.5) is 9.59 Å². The van der Waals surface area contributed by atoms with Gasteiger partial charge in [0.15, 0.2) is 11.4 Å². The number of nitrogens with zero attached hydrogens (tertiary/aromatic N) is 3. The monoisotopic (exact) mass is 445 g/mol. The molecule has 10 nitrogen and oxygen atoms in total. The van der Waals surface area contributed by atoms with E-state index in [1.165, 1.54) is 4.90 Å². The van der Waals surface area contributed by atoms with Crippen LogP contribution in [-0.2, 0) is 17.8 Å². The molecule has 1 heterocycles. The Hall–Kier alpha value is -4.54. The number of carbonyl (C=O) groups is 2. The zero-order valence-electron chi connectivity index (χ0n) is 17.7. The molecule has 4 N–H and O–H groups in total. The highest BCUT2D eigenvalue weighted by atomic mass is 16.5.